The van der Waals surface area contributed by atoms with Gasteiger partial charge in [-0.1, -0.05) is 12.8 Å². The number of carbonyl (C=O) groups excluding carboxylic acids is 1. The van der Waals surface area contributed by atoms with Crippen molar-refractivity contribution in [3.8, 4) is 5.75 Å². The van der Waals surface area contributed by atoms with Crippen LogP contribution < -0.4 is 0 Å². The molecule has 1 heterocycles. The van der Waals surface area contributed by atoms with E-state index in [2.05, 4.69) is 22.6 Å². The van der Waals surface area contributed by atoms with Crippen LogP contribution in [0.3, 0.4) is 0 Å². The molecule has 4 heteroatoms. The Balaban J connectivity index is 1.85. The van der Waals surface area contributed by atoms with Crippen LogP contribution in [0, 0.1) is 9.49 Å². The molecule has 1 aliphatic heterocycles. The molecule has 1 aliphatic carbocycles. The minimum Gasteiger partial charge on any atom is -0.507 e. The number of halogens is 1. The molecule has 1 saturated heterocycles. The third-order valence-electron chi connectivity index (χ3n) is 4.46. The van der Waals surface area contributed by atoms with E-state index in [1.165, 1.54) is 19.3 Å². The highest BCUT2D eigenvalue weighted by atomic mass is 127. The summed E-state index contributed by atoms with van der Waals surface area (Å²) < 4.78 is 0.984. The highest BCUT2D eigenvalue weighted by Gasteiger charge is 2.38. The van der Waals surface area contributed by atoms with Gasteiger partial charge in [0.2, 0.25) is 0 Å². The standard InChI is InChI=1S/C15H18INO2/c16-11-5-6-14(18)12(9-11)15(19)17-8-7-10-3-1-2-4-13(10)17/h5-6,9-10,13,18H,1-4,7-8H2. The Labute approximate surface area is 127 Å². The van der Waals surface area contributed by atoms with Crippen LogP contribution in [0.15, 0.2) is 18.2 Å². The fraction of sp³-hybridized carbons (Fsp3) is 0.533. The van der Waals surface area contributed by atoms with Gasteiger partial charge in [-0.05, 0) is 66.0 Å². The molecule has 1 aromatic carbocycles. The van der Waals surface area contributed by atoms with Crippen LogP contribution >= 0.6 is 22.6 Å². The summed E-state index contributed by atoms with van der Waals surface area (Å²) in [5.41, 5.74) is 0.457. The van der Waals surface area contributed by atoms with Gasteiger partial charge in [-0.25, -0.2) is 0 Å². The molecule has 102 valence electrons. The molecule has 0 bridgehead atoms. The van der Waals surface area contributed by atoms with Gasteiger partial charge in [0.1, 0.15) is 5.75 Å². The molecule has 1 N–H and O–H groups in total. The van der Waals surface area contributed by atoms with E-state index in [0.29, 0.717) is 17.5 Å². The van der Waals surface area contributed by atoms with E-state index < -0.39 is 0 Å². The predicted molar refractivity (Wildman–Crippen MR) is 82.2 cm³/mol. The van der Waals surface area contributed by atoms with Gasteiger partial charge in [0.05, 0.1) is 5.56 Å². The number of hydrogen-bond donors (Lipinski definition) is 1. The lowest BCUT2D eigenvalue weighted by Gasteiger charge is -2.31. The zero-order chi connectivity index (χ0) is 13.4. The first kappa shape index (κ1) is 13.2. The van der Waals surface area contributed by atoms with Crippen LogP contribution in [0.4, 0.5) is 0 Å². The summed E-state index contributed by atoms with van der Waals surface area (Å²) in [5, 5.41) is 9.91. The van der Waals surface area contributed by atoms with E-state index in [1.807, 2.05) is 11.0 Å². The SMILES string of the molecule is O=C(c1cc(I)ccc1O)N1CCC2CCCCC21. The maximum atomic E-state index is 12.6. The maximum absolute atomic E-state index is 12.6. The number of rotatable bonds is 1. The molecule has 1 saturated carbocycles. The molecule has 2 atom stereocenters. The molecule has 0 aromatic heterocycles. The minimum atomic E-state index is 0.00501. The number of hydrogen-bond acceptors (Lipinski definition) is 2. The number of carbonyl (C=O) groups is 1. The highest BCUT2D eigenvalue weighted by Crippen LogP contribution is 2.37. The Morgan fingerprint density at radius 3 is 2.89 bits per heavy atom. The van der Waals surface area contributed by atoms with E-state index in [-0.39, 0.29) is 11.7 Å². The number of amides is 1. The van der Waals surface area contributed by atoms with Crippen LogP contribution in [0.2, 0.25) is 0 Å². The Morgan fingerprint density at radius 1 is 1.26 bits per heavy atom. The summed E-state index contributed by atoms with van der Waals surface area (Å²) in [6.07, 6.45) is 6.04. The third-order valence-corrected chi connectivity index (χ3v) is 5.13. The van der Waals surface area contributed by atoms with E-state index in [0.717, 1.165) is 23.0 Å². The maximum Gasteiger partial charge on any atom is 0.257 e. The second-order valence-corrected chi connectivity index (χ2v) is 6.81. The minimum absolute atomic E-state index is 0.00501. The number of nitrogens with zero attached hydrogens (tertiary/aromatic N) is 1. The van der Waals surface area contributed by atoms with Crippen molar-refractivity contribution in [3.05, 3.63) is 27.3 Å². The number of benzene rings is 1. The molecule has 3 nitrogen and oxygen atoms in total. The Morgan fingerprint density at radius 2 is 2.05 bits per heavy atom. The van der Waals surface area contributed by atoms with Gasteiger partial charge >= 0.3 is 0 Å². The van der Waals surface area contributed by atoms with Crippen molar-refractivity contribution in [2.24, 2.45) is 5.92 Å². The van der Waals surface area contributed by atoms with Crippen molar-refractivity contribution < 1.29 is 9.90 Å². The van der Waals surface area contributed by atoms with Gasteiger partial charge in [0.15, 0.2) is 0 Å². The number of phenolic OH excluding ortho intramolecular Hbond substituents is 1. The second kappa shape index (κ2) is 5.31. The van der Waals surface area contributed by atoms with Gasteiger partial charge < -0.3 is 10.0 Å². The van der Waals surface area contributed by atoms with E-state index >= 15 is 0 Å². The largest absolute Gasteiger partial charge is 0.507 e. The number of phenols is 1. The van der Waals surface area contributed by atoms with Gasteiger partial charge in [0, 0.05) is 16.2 Å². The first-order valence-corrected chi connectivity index (χ1v) is 8.04. The van der Waals surface area contributed by atoms with Crippen molar-refractivity contribution in [1.29, 1.82) is 0 Å². The topological polar surface area (TPSA) is 40.5 Å². The van der Waals surface area contributed by atoms with Crippen molar-refractivity contribution in [2.75, 3.05) is 6.54 Å². The van der Waals surface area contributed by atoms with Gasteiger partial charge in [-0.2, -0.15) is 0 Å². The van der Waals surface area contributed by atoms with Crippen molar-refractivity contribution in [2.45, 2.75) is 38.1 Å². The van der Waals surface area contributed by atoms with Crippen molar-refractivity contribution >= 4 is 28.5 Å². The lowest BCUT2D eigenvalue weighted by molar-refractivity contribution is 0.0687. The molecule has 1 aromatic rings. The number of fused-ring (bicyclic) bond motifs is 1. The Kier molecular flexibility index (Phi) is 3.69. The second-order valence-electron chi connectivity index (χ2n) is 5.56. The Bertz CT molecular complexity index is 503. The summed E-state index contributed by atoms with van der Waals surface area (Å²) in [4.78, 5) is 14.6. The first-order chi connectivity index (χ1) is 9.16. The number of likely N-dealkylation sites (tertiary alicyclic amines) is 1. The van der Waals surface area contributed by atoms with E-state index in [1.54, 1.807) is 12.1 Å². The molecule has 2 unspecified atom stereocenters. The summed E-state index contributed by atoms with van der Waals surface area (Å²) in [6.45, 7) is 0.846. The van der Waals surface area contributed by atoms with Crippen LogP contribution in [0.5, 0.6) is 5.75 Å². The van der Waals surface area contributed by atoms with E-state index in [9.17, 15) is 9.90 Å². The molecule has 1 amide bonds. The lowest BCUT2D eigenvalue weighted by atomic mass is 9.85. The average Bonchev–Trinajstić information content (AvgIpc) is 2.84. The highest BCUT2D eigenvalue weighted by molar-refractivity contribution is 14.1. The molecule has 2 aliphatic rings. The summed E-state index contributed by atoms with van der Waals surface area (Å²) >= 11 is 2.17. The fourth-order valence-corrected chi connectivity index (χ4v) is 3.98. The van der Waals surface area contributed by atoms with E-state index in [4.69, 9.17) is 0 Å². The van der Waals surface area contributed by atoms with Crippen molar-refractivity contribution in [1.82, 2.24) is 4.90 Å². The summed E-state index contributed by atoms with van der Waals surface area (Å²) in [7, 11) is 0. The normalized spacial score (nSPS) is 26.3. The monoisotopic (exact) mass is 371 g/mol. The molecular formula is C15H18INO2. The van der Waals surface area contributed by atoms with Crippen LogP contribution in [0.25, 0.3) is 0 Å². The fourth-order valence-electron chi connectivity index (χ4n) is 3.49. The smallest absolute Gasteiger partial charge is 0.257 e. The molecule has 0 radical (unpaired) electrons. The zero-order valence-corrected chi connectivity index (χ0v) is 13.0. The third kappa shape index (κ3) is 2.47. The average molecular weight is 371 g/mol. The summed E-state index contributed by atoms with van der Waals surface area (Å²) in [5.74, 6) is 0.790. The molecule has 2 fully saturated rings. The summed E-state index contributed by atoms with van der Waals surface area (Å²) in [6, 6.07) is 5.62. The van der Waals surface area contributed by atoms with Crippen molar-refractivity contribution in [3.63, 3.8) is 0 Å². The van der Waals surface area contributed by atoms with Gasteiger partial charge in [0.25, 0.3) is 5.91 Å². The lowest BCUT2D eigenvalue weighted by Crippen LogP contribution is -2.39. The predicted octanol–water partition coefficient (Wildman–Crippen LogP) is 3.40. The molecular weight excluding hydrogens is 353 g/mol. The molecule has 3 rings (SSSR count). The van der Waals surface area contributed by atoms with Crippen LogP contribution in [-0.2, 0) is 0 Å². The molecule has 19 heavy (non-hydrogen) atoms. The quantitative estimate of drug-likeness (QED) is 0.769. The number of aromatic hydroxyl groups is 1. The van der Waals surface area contributed by atoms with Crippen LogP contribution in [-0.4, -0.2) is 28.5 Å². The first-order valence-electron chi connectivity index (χ1n) is 6.96. The Hall–Kier alpha value is -0.780. The van der Waals surface area contributed by atoms with Gasteiger partial charge in [-0.3, -0.25) is 4.79 Å². The van der Waals surface area contributed by atoms with Crippen LogP contribution in [0.1, 0.15) is 42.5 Å². The van der Waals surface area contributed by atoms with Gasteiger partial charge in [-0.15, -0.1) is 0 Å². The zero-order valence-electron chi connectivity index (χ0n) is 10.8. The molecule has 0 spiro atoms.